The van der Waals surface area contributed by atoms with Crippen LogP contribution in [0.3, 0.4) is 0 Å². The number of hydrazine groups is 1. The molecule has 1 aliphatic rings. The van der Waals surface area contributed by atoms with Crippen LogP contribution in [0.4, 0.5) is 8.78 Å². The van der Waals surface area contributed by atoms with E-state index < -0.39 is 11.6 Å². The predicted molar refractivity (Wildman–Crippen MR) is 79.9 cm³/mol. The first-order chi connectivity index (χ1) is 9.58. The number of benzene rings is 1. The van der Waals surface area contributed by atoms with E-state index in [0.29, 0.717) is 17.4 Å². The molecule has 0 aromatic heterocycles. The SMILES string of the molecule is CCC1CCCC(C(NN)c2ccc(F)c(F)c2Br)C1. The van der Waals surface area contributed by atoms with E-state index in [1.807, 2.05) is 0 Å². The average molecular weight is 347 g/mol. The molecule has 1 aliphatic carbocycles. The fraction of sp³-hybridized carbons (Fsp3) is 0.600. The molecule has 1 saturated carbocycles. The molecule has 0 saturated heterocycles. The second kappa shape index (κ2) is 6.96. The molecule has 0 spiro atoms. The van der Waals surface area contributed by atoms with E-state index in [1.165, 1.54) is 18.9 Å². The van der Waals surface area contributed by atoms with Gasteiger partial charge in [0.15, 0.2) is 11.6 Å². The summed E-state index contributed by atoms with van der Waals surface area (Å²) in [6.07, 6.45) is 5.73. The number of rotatable bonds is 4. The third-order valence-electron chi connectivity index (χ3n) is 4.45. The molecule has 112 valence electrons. The van der Waals surface area contributed by atoms with Crippen LogP contribution in [-0.4, -0.2) is 0 Å². The summed E-state index contributed by atoms with van der Waals surface area (Å²) in [5.74, 6) is 5.07. The Morgan fingerprint density at radius 2 is 2.15 bits per heavy atom. The van der Waals surface area contributed by atoms with E-state index in [2.05, 4.69) is 28.3 Å². The van der Waals surface area contributed by atoms with Crippen molar-refractivity contribution in [3.8, 4) is 0 Å². The Labute approximate surface area is 127 Å². The molecule has 1 fully saturated rings. The highest BCUT2D eigenvalue weighted by Gasteiger charge is 2.30. The molecule has 2 rings (SSSR count). The molecule has 3 atom stereocenters. The molecule has 0 bridgehead atoms. The van der Waals surface area contributed by atoms with Gasteiger partial charge >= 0.3 is 0 Å². The largest absolute Gasteiger partial charge is 0.271 e. The highest BCUT2D eigenvalue weighted by molar-refractivity contribution is 9.10. The van der Waals surface area contributed by atoms with Crippen molar-refractivity contribution in [2.45, 2.75) is 45.1 Å². The minimum absolute atomic E-state index is 0.145. The first-order valence-corrected chi connectivity index (χ1v) is 7.97. The van der Waals surface area contributed by atoms with Gasteiger partial charge in [-0.2, -0.15) is 0 Å². The summed E-state index contributed by atoms with van der Waals surface area (Å²) in [7, 11) is 0. The van der Waals surface area contributed by atoms with Gasteiger partial charge in [-0.15, -0.1) is 0 Å². The quantitative estimate of drug-likeness (QED) is 0.480. The summed E-state index contributed by atoms with van der Waals surface area (Å²) in [6.45, 7) is 2.20. The number of hydrogen-bond donors (Lipinski definition) is 2. The maximum atomic E-state index is 13.7. The van der Waals surface area contributed by atoms with Crippen molar-refractivity contribution >= 4 is 15.9 Å². The lowest BCUT2D eigenvalue weighted by Gasteiger charge is -2.34. The molecule has 0 radical (unpaired) electrons. The minimum Gasteiger partial charge on any atom is -0.271 e. The maximum absolute atomic E-state index is 13.7. The number of hydrogen-bond acceptors (Lipinski definition) is 2. The van der Waals surface area contributed by atoms with Crippen LogP contribution >= 0.6 is 15.9 Å². The van der Waals surface area contributed by atoms with Crippen LogP contribution < -0.4 is 11.3 Å². The average Bonchev–Trinajstić information content (AvgIpc) is 2.48. The fourth-order valence-corrected chi connectivity index (χ4v) is 3.84. The maximum Gasteiger partial charge on any atom is 0.173 e. The Morgan fingerprint density at radius 1 is 1.40 bits per heavy atom. The molecule has 5 heteroatoms. The van der Waals surface area contributed by atoms with Crippen molar-refractivity contribution in [3.63, 3.8) is 0 Å². The summed E-state index contributed by atoms with van der Waals surface area (Å²) in [5.41, 5.74) is 3.50. The molecule has 0 heterocycles. The molecular formula is C15H21BrF2N2. The highest BCUT2D eigenvalue weighted by Crippen LogP contribution is 2.40. The smallest absolute Gasteiger partial charge is 0.173 e. The Morgan fingerprint density at radius 3 is 2.80 bits per heavy atom. The lowest BCUT2D eigenvalue weighted by molar-refractivity contribution is 0.209. The van der Waals surface area contributed by atoms with Crippen LogP contribution in [-0.2, 0) is 0 Å². The van der Waals surface area contributed by atoms with Gasteiger partial charge in [0.1, 0.15) is 0 Å². The second-order valence-corrected chi connectivity index (χ2v) is 6.40. The summed E-state index contributed by atoms with van der Waals surface area (Å²) in [5, 5.41) is 0. The van der Waals surface area contributed by atoms with E-state index in [-0.39, 0.29) is 10.5 Å². The zero-order valence-corrected chi connectivity index (χ0v) is 13.2. The number of halogens is 3. The fourth-order valence-electron chi connectivity index (χ4n) is 3.27. The van der Waals surface area contributed by atoms with Crippen molar-refractivity contribution < 1.29 is 8.78 Å². The summed E-state index contributed by atoms with van der Waals surface area (Å²) < 4.78 is 27.1. The normalized spacial score (nSPS) is 24.6. The molecule has 2 nitrogen and oxygen atoms in total. The van der Waals surface area contributed by atoms with Gasteiger partial charge in [-0.1, -0.05) is 32.3 Å². The van der Waals surface area contributed by atoms with Crippen LogP contribution in [0.1, 0.15) is 50.6 Å². The van der Waals surface area contributed by atoms with Gasteiger partial charge in [0.25, 0.3) is 0 Å². The van der Waals surface area contributed by atoms with Crippen LogP contribution in [0.25, 0.3) is 0 Å². The van der Waals surface area contributed by atoms with E-state index in [1.54, 1.807) is 6.07 Å². The van der Waals surface area contributed by atoms with Crippen LogP contribution in [0.2, 0.25) is 0 Å². The Hall–Kier alpha value is -0.520. The molecule has 0 amide bonds. The summed E-state index contributed by atoms with van der Waals surface area (Å²) in [4.78, 5) is 0. The highest BCUT2D eigenvalue weighted by atomic mass is 79.9. The zero-order valence-electron chi connectivity index (χ0n) is 11.6. The molecule has 1 aromatic rings. The van der Waals surface area contributed by atoms with Gasteiger partial charge in [0.05, 0.1) is 10.5 Å². The Bertz CT molecular complexity index is 467. The van der Waals surface area contributed by atoms with E-state index in [4.69, 9.17) is 5.84 Å². The van der Waals surface area contributed by atoms with Crippen molar-refractivity contribution in [2.24, 2.45) is 17.7 Å². The Kier molecular flexibility index (Phi) is 5.52. The predicted octanol–water partition coefficient (Wildman–Crippen LogP) is 4.45. The lowest BCUT2D eigenvalue weighted by atomic mass is 9.75. The van der Waals surface area contributed by atoms with Gasteiger partial charge in [0, 0.05) is 0 Å². The Balaban J connectivity index is 2.26. The minimum atomic E-state index is -0.842. The van der Waals surface area contributed by atoms with E-state index in [9.17, 15) is 8.78 Å². The molecule has 3 unspecified atom stereocenters. The van der Waals surface area contributed by atoms with Gasteiger partial charge < -0.3 is 0 Å². The number of nitrogens with two attached hydrogens (primary N) is 1. The van der Waals surface area contributed by atoms with E-state index >= 15 is 0 Å². The van der Waals surface area contributed by atoms with Crippen LogP contribution in [0.5, 0.6) is 0 Å². The summed E-state index contributed by atoms with van der Waals surface area (Å²) >= 11 is 3.16. The monoisotopic (exact) mass is 346 g/mol. The molecule has 20 heavy (non-hydrogen) atoms. The topological polar surface area (TPSA) is 38.0 Å². The van der Waals surface area contributed by atoms with Crippen molar-refractivity contribution in [1.29, 1.82) is 0 Å². The van der Waals surface area contributed by atoms with Gasteiger partial charge in [-0.05, 0) is 52.2 Å². The molecule has 0 aliphatic heterocycles. The van der Waals surface area contributed by atoms with Gasteiger partial charge in [-0.3, -0.25) is 11.3 Å². The van der Waals surface area contributed by atoms with Gasteiger partial charge in [0.2, 0.25) is 0 Å². The van der Waals surface area contributed by atoms with Crippen LogP contribution in [0, 0.1) is 23.5 Å². The lowest BCUT2D eigenvalue weighted by Crippen LogP contribution is -2.36. The summed E-state index contributed by atoms with van der Waals surface area (Å²) in [6, 6.07) is 2.64. The van der Waals surface area contributed by atoms with Gasteiger partial charge in [-0.25, -0.2) is 8.78 Å². The zero-order chi connectivity index (χ0) is 14.7. The standard InChI is InChI=1S/C15H21BrF2N2/c1-2-9-4-3-5-10(8-9)15(20-19)11-6-7-12(17)14(18)13(11)16/h6-7,9-10,15,20H,2-5,8,19H2,1H3. The van der Waals surface area contributed by atoms with Crippen molar-refractivity contribution in [3.05, 3.63) is 33.8 Å². The second-order valence-electron chi connectivity index (χ2n) is 5.61. The first kappa shape index (κ1) is 15.9. The van der Waals surface area contributed by atoms with Crippen molar-refractivity contribution in [1.82, 2.24) is 5.43 Å². The molecule has 1 aromatic carbocycles. The third-order valence-corrected chi connectivity index (χ3v) is 5.26. The number of nitrogens with one attached hydrogen (secondary N) is 1. The third kappa shape index (κ3) is 3.21. The molecule has 3 N–H and O–H groups in total. The first-order valence-electron chi connectivity index (χ1n) is 7.18. The van der Waals surface area contributed by atoms with Crippen LogP contribution in [0.15, 0.2) is 16.6 Å². The molecular weight excluding hydrogens is 326 g/mol. The van der Waals surface area contributed by atoms with Crippen molar-refractivity contribution in [2.75, 3.05) is 0 Å². The van der Waals surface area contributed by atoms with E-state index in [0.717, 1.165) is 19.3 Å².